The molecule has 0 spiro atoms. The molecule has 0 bridgehead atoms. The summed E-state index contributed by atoms with van der Waals surface area (Å²) in [4.78, 5) is 34.7. The van der Waals surface area contributed by atoms with Crippen LogP contribution in [0.25, 0.3) is 10.9 Å². The number of para-hydroxylation sites is 1. The van der Waals surface area contributed by atoms with Crippen molar-refractivity contribution in [1.82, 2.24) is 14.5 Å². The maximum absolute atomic E-state index is 13.1. The predicted molar refractivity (Wildman–Crippen MR) is 144 cm³/mol. The zero-order valence-electron chi connectivity index (χ0n) is 19.4. The molecule has 8 heteroatoms. The Kier molecular flexibility index (Phi) is 6.56. The van der Waals surface area contributed by atoms with Gasteiger partial charge in [-0.1, -0.05) is 90.5 Å². The first-order valence-electron chi connectivity index (χ1n) is 11.5. The lowest BCUT2D eigenvalue weighted by Crippen LogP contribution is -2.38. The molecule has 2 heterocycles. The molecule has 0 saturated carbocycles. The Labute approximate surface area is 212 Å². The molecular formula is C28H24ClN5O2. The van der Waals surface area contributed by atoms with Crippen LogP contribution in [0.1, 0.15) is 16.7 Å². The molecule has 0 atom stereocenters. The maximum atomic E-state index is 13.1. The van der Waals surface area contributed by atoms with Gasteiger partial charge in [-0.25, -0.2) is 9.78 Å². The van der Waals surface area contributed by atoms with E-state index in [4.69, 9.17) is 17.3 Å². The van der Waals surface area contributed by atoms with Gasteiger partial charge in [0.15, 0.2) is 0 Å². The summed E-state index contributed by atoms with van der Waals surface area (Å²) in [5.41, 5.74) is 9.01. The van der Waals surface area contributed by atoms with Gasteiger partial charge in [-0.3, -0.25) is 14.3 Å². The number of rotatable bonds is 7. The number of nitrogens with zero attached hydrogens (tertiary/aromatic N) is 3. The van der Waals surface area contributed by atoms with Gasteiger partial charge in [0.25, 0.3) is 5.56 Å². The average Bonchev–Trinajstić information content (AvgIpc) is 2.88. The van der Waals surface area contributed by atoms with Gasteiger partial charge in [-0.05, 0) is 23.3 Å². The van der Waals surface area contributed by atoms with E-state index in [9.17, 15) is 9.59 Å². The summed E-state index contributed by atoms with van der Waals surface area (Å²) in [6.45, 7) is 0.871. The van der Waals surface area contributed by atoms with Crippen LogP contribution in [0.2, 0.25) is 5.15 Å². The second-order valence-electron chi connectivity index (χ2n) is 8.54. The van der Waals surface area contributed by atoms with Crippen LogP contribution in [-0.2, 0) is 19.6 Å². The molecule has 0 radical (unpaired) electrons. The highest BCUT2D eigenvalue weighted by atomic mass is 35.5. The molecule has 7 nitrogen and oxygen atoms in total. The van der Waals surface area contributed by atoms with Crippen molar-refractivity contribution in [2.45, 2.75) is 19.6 Å². The van der Waals surface area contributed by atoms with Gasteiger partial charge in [0.1, 0.15) is 16.7 Å². The van der Waals surface area contributed by atoms with Crippen molar-refractivity contribution >= 4 is 34.0 Å². The minimum absolute atomic E-state index is 0.0911. The fourth-order valence-corrected chi connectivity index (χ4v) is 4.48. The van der Waals surface area contributed by atoms with E-state index in [-0.39, 0.29) is 24.6 Å². The van der Waals surface area contributed by atoms with E-state index in [1.807, 2.05) is 95.9 Å². The fourth-order valence-electron chi connectivity index (χ4n) is 4.28. The largest absolute Gasteiger partial charge is 0.383 e. The summed E-state index contributed by atoms with van der Waals surface area (Å²) in [6.07, 6.45) is 0. The number of hydrogen-bond donors (Lipinski definition) is 2. The number of halogens is 1. The van der Waals surface area contributed by atoms with Crippen molar-refractivity contribution < 1.29 is 0 Å². The Balaban J connectivity index is 1.61. The first-order valence-corrected chi connectivity index (χ1v) is 11.9. The number of nitrogen functional groups attached to an aromatic ring is 1. The monoisotopic (exact) mass is 497 g/mol. The van der Waals surface area contributed by atoms with E-state index in [2.05, 4.69) is 9.97 Å². The third-order valence-electron chi connectivity index (χ3n) is 6.04. The number of hydrogen-bond acceptors (Lipinski definition) is 5. The zero-order valence-corrected chi connectivity index (χ0v) is 20.2. The van der Waals surface area contributed by atoms with Crippen LogP contribution < -0.4 is 21.9 Å². The minimum atomic E-state index is -0.560. The molecule has 0 aliphatic heterocycles. The lowest BCUT2D eigenvalue weighted by atomic mass is 10.1. The number of aromatic amines is 1. The second-order valence-corrected chi connectivity index (χ2v) is 8.90. The lowest BCUT2D eigenvalue weighted by molar-refractivity contribution is 0.712. The van der Waals surface area contributed by atoms with Crippen LogP contribution in [0.4, 0.5) is 11.5 Å². The van der Waals surface area contributed by atoms with Crippen LogP contribution in [0, 0.1) is 0 Å². The van der Waals surface area contributed by atoms with E-state index < -0.39 is 11.2 Å². The molecule has 5 aromatic rings. The molecule has 0 unspecified atom stereocenters. The molecule has 0 saturated heterocycles. The van der Waals surface area contributed by atoms with Crippen molar-refractivity contribution in [1.29, 1.82) is 0 Å². The molecule has 5 rings (SSSR count). The molecule has 0 aliphatic carbocycles. The van der Waals surface area contributed by atoms with Crippen molar-refractivity contribution in [2.24, 2.45) is 0 Å². The van der Waals surface area contributed by atoms with E-state index in [1.165, 1.54) is 4.57 Å². The van der Waals surface area contributed by atoms with Gasteiger partial charge in [-0.15, -0.1) is 0 Å². The van der Waals surface area contributed by atoms with E-state index in [0.29, 0.717) is 11.7 Å². The summed E-state index contributed by atoms with van der Waals surface area (Å²) in [6, 6.07) is 28.9. The third-order valence-corrected chi connectivity index (χ3v) is 6.37. The summed E-state index contributed by atoms with van der Waals surface area (Å²) in [5.74, 6) is 0.0911. The van der Waals surface area contributed by atoms with Crippen LogP contribution in [0.5, 0.6) is 0 Å². The van der Waals surface area contributed by atoms with Crippen molar-refractivity contribution in [2.75, 3.05) is 10.6 Å². The smallest absolute Gasteiger partial charge is 0.330 e. The summed E-state index contributed by atoms with van der Waals surface area (Å²) in [5, 5.41) is 1.28. The van der Waals surface area contributed by atoms with Crippen LogP contribution in [-0.4, -0.2) is 14.5 Å². The number of anilines is 2. The van der Waals surface area contributed by atoms with Gasteiger partial charge in [0.2, 0.25) is 0 Å². The van der Waals surface area contributed by atoms with Gasteiger partial charge in [-0.2, -0.15) is 0 Å². The second kappa shape index (κ2) is 10.1. The van der Waals surface area contributed by atoms with E-state index in [1.54, 1.807) is 0 Å². The number of H-pyrrole nitrogens is 1. The number of aromatic nitrogens is 3. The first-order chi connectivity index (χ1) is 17.5. The molecule has 3 N–H and O–H groups in total. The fraction of sp³-hybridized carbons (Fsp3) is 0.107. The zero-order chi connectivity index (χ0) is 25.1. The van der Waals surface area contributed by atoms with E-state index >= 15 is 0 Å². The van der Waals surface area contributed by atoms with Gasteiger partial charge in [0.05, 0.1) is 12.1 Å². The Morgan fingerprint density at radius 3 is 2.22 bits per heavy atom. The van der Waals surface area contributed by atoms with Gasteiger partial charge < -0.3 is 10.6 Å². The normalized spacial score (nSPS) is 11.0. The van der Waals surface area contributed by atoms with Gasteiger partial charge >= 0.3 is 5.69 Å². The lowest BCUT2D eigenvalue weighted by Gasteiger charge is -2.27. The molecular weight excluding hydrogens is 474 g/mol. The number of benzene rings is 3. The van der Waals surface area contributed by atoms with Crippen LogP contribution in [0.3, 0.4) is 0 Å². The van der Waals surface area contributed by atoms with E-state index in [0.717, 1.165) is 27.6 Å². The molecule has 36 heavy (non-hydrogen) atoms. The Morgan fingerprint density at radius 1 is 0.861 bits per heavy atom. The van der Waals surface area contributed by atoms with Gasteiger partial charge in [0, 0.05) is 24.0 Å². The molecule has 3 aromatic carbocycles. The summed E-state index contributed by atoms with van der Waals surface area (Å²) in [7, 11) is 0. The number of nitrogens with two attached hydrogens (primary N) is 1. The Hall–Kier alpha value is -4.36. The van der Waals surface area contributed by atoms with Crippen molar-refractivity contribution in [3.63, 3.8) is 0 Å². The van der Waals surface area contributed by atoms with Crippen LogP contribution >= 0.6 is 11.6 Å². The predicted octanol–water partition coefficient (Wildman–Crippen LogP) is 4.58. The standard InChI is InChI=1S/C28H24ClN5O2/c29-25-22(15-21-13-7-8-14-23(21)31-25)18-33(16-19-9-3-1-4-10-19)24-26(30)34(28(36)32-27(24)35)17-20-11-5-2-6-12-20/h1-15H,16-18,30H2,(H,32,35,36). The molecule has 0 amide bonds. The molecule has 2 aromatic heterocycles. The summed E-state index contributed by atoms with van der Waals surface area (Å²) < 4.78 is 1.38. The summed E-state index contributed by atoms with van der Waals surface area (Å²) >= 11 is 6.57. The number of nitrogens with one attached hydrogen (secondary N) is 1. The van der Waals surface area contributed by atoms with Crippen molar-refractivity contribution in [3.8, 4) is 0 Å². The number of fused-ring (bicyclic) bond motifs is 1. The topological polar surface area (TPSA) is 97.0 Å². The Bertz CT molecular complexity index is 1630. The average molecular weight is 498 g/mol. The quantitative estimate of drug-likeness (QED) is 0.321. The molecule has 0 aliphatic rings. The Morgan fingerprint density at radius 2 is 1.50 bits per heavy atom. The highest BCUT2D eigenvalue weighted by Crippen LogP contribution is 2.27. The molecule has 0 fully saturated rings. The minimum Gasteiger partial charge on any atom is -0.383 e. The molecule has 180 valence electrons. The maximum Gasteiger partial charge on any atom is 0.330 e. The number of pyridine rings is 1. The SMILES string of the molecule is Nc1c(N(Cc2ccccc2)Cc2cc3ccccc3nc2Cl)c(=O)[nH]c(=O)n1Cc1ccccc1. The highest BCUT2D eigenvalue weighted by Gasteiger charge is 2.21. The third kappa shape index (κ3) is 4.87. The first kappa shape index (κ1) is 23.4. The highest BCUT2D eigenvalue weighted by molar-refractivity contribution is 6.30. The van der Waals surface area contributed by atoms with Crippen molar-refractivity contribution in [3.05, 3.63) is 134 Å². The van der Waals surface area contributed by atoms with Crippen LogP contribution in [0.15, 0.2) is 101 Å².